The first-order valence-electron chi connectivity index (χ1n) is 6.88. The molecule has 0 amide bonds. The first kappa shape index (κ1) is 13.3. The van der Waals surface area contributed by atoms with E-state index in [1.165, 1.54) is 11.1 Å². The highest BCUT2D eigenvalue weighted by Crippen LogP contribution is 2.38. The van der Waals surface area contributed by atoms with Crippen LogP contribution in [0.3, 0.4) is 0 Å². The third-order valence-corrected chi connectivity index (χ3v) is 4.22. The lowest BCUT2D eigenvalue weighted by molar-refractivity contribution is 0.411. The summed E-state index contributed by atoms with van der Waals surface area (Å²) in [6.07, 6.45) is 1.50. The number of nitrogens with one attached hydrogen (secondary N) is 1. The van der Waals surface area contributed by atoms with Crippen LogP contribution in [0.2, 0.25) is 0 Å². The quantitative estimate of drug-likeness (QED) is 0.900. The summed E-state index contributed by atoms with van der Waals surface area (Å²) in [5.74, 6) is -1.12. The zero-order chi connectivity index (χ0) is 14.1. The number of hydrogen-bond acceptors (Lipinski definition) is 1. The van der Waals surface area contributed by atoms with Crippen molar-refractivity contribution in [2.75, 3.05) is 7.05 Å². The van der Waals surface area contributed by atoms with Crippen molar-refractivity contribution in [1.29, 1.82) is 0 Å². The molecule has 20 heavy (non-hydrogen) atoms. The molecule has 1 aliphatic rings. The van der Waals surface area contributed by atoms with Gasteiger partial charge in [-0.2, -0.15) is 0 Å². The Kier molecular flexibility index (Phi) is 3.53. The van der Waals surface area contributed by atoms with Crippen LogP contribution in [0.4, 0.5) is 8.78 Å². The zero-order valence-electron chi connectivity index (χ0n) is 11.4. The van der Waals surface area contributed by atoms with Gasteiger partial charge in [-0.25, -0.2) is 8.78 Å². The maximum Gasteiger partial charge on any atom is 0.162 e. The van der Waals surface area contributed by atoms with Crippen molar-refractivity contribution < 1.29 is 8.78 Å². The summed E-state index contributed by atoms with van der Waals surface area (Å²) in [5.41, 5.74) is 3.12. The molecule has 2 atom stereocenters. The number of hydrogen-bond donors (Lipinski definition) is 1. The van der Waals surface area contributed by atoms with Crippen molar-refractivity contribution in [2.24, 2.45) is 0 Å². The van der Waals surface area contributed by atoms with E-state index in [2.05, 4.69) is 17.4 Å². The minimum absolute atomic E-state index is 0.126. The minimum Gasteiger partial charge on any atom is -0.316 e. The molecule has 0 radical (unpaired) electrons. The van der Waals surface area contributed by atoms with E-state index in [9.17, 15) is 8.78 Å². The van der Waals surface area contributed by atoms with Crippen LogP contribution in [0.1, 0.15) is 22.6 Å². The van der Waals surface area contributed by atoms with Crippen molar-refractivity contribution in [1.82, 2.24) is 5.32 Å². The summed E-state index contributed by atoms with van der Waals surface area (Å²) in [6, 6.07) is 12.8. The minimum atomic E-state index is -0.772. The monoisotopic (exact) mass is 273 g/mol. The highest BCUT2D eigenvalue weighted by molar-refractivity contribution is 5.41. The second-order valence-corrected chi connectivity index (χ2v) is 5.32. The van der Waals surface area contributed by atoms with Gasteiger partial charge in [-0.1, -0.05) is 36.4 Å². The van der Waals surface area contributed by atoms with Gasteiger partial charge in [-0.3, -0.25) is 0 Å². The lowest BCUT2D eigenvalue weighted by Gasteiger charge is -2.36. The fraction of sp³-hybridized carbons (Fsp3) is 0.294. The van der Waals surface area contributed by atoms with Crippen molar-refractivity contribution in [2.45, 2.75) is 24.8 Å². The summed E-state index contributed by atoms with van der Waals surface area (Å²) < 4.78 is 27.1. The second kappa shape index (κ2) is 5.33. The van der Waals surface area contributed by atoms with E-state index in [-0.39, 0.29) is 6.04 Å². The predicted octanol–water partition coefficient (Wildman–Crippen LogP) is 3.44. The summed E-state index contributed by atoms with van der Waals surface area (Å²) >= 11 is 0. The molecular formula is C17H17F2N. The third kappa shape index (κ3) is 2.22. The van der Waals surface area contributed by atoms with Gasteiger partial charge in [0, 0.05) is 12.0 Å². The second-order valence-electron chi connectivity index (χ2n) is 5.32. The van der Waals surface area contributed by atoms with Crippen LogP contribution in [0, 0.1) is 11.6 Å². The molecule has 0 saturated carbocycles. The molecule has 1 N–H and O–H groups in total. The van der Waals surface area contributed by atoms with Gasteiger partial charge in [-0.05, 0) is 42.6 Å². The van der Waals surface area contributed by atoms with Crippen molar-refractivity contribution in [3.8, 4) is 0 Å². The topological polar surface area (TPSA) is 12.0 Å². The van der Waals surface area contributed by atoms with Gasteiger partial charge >= 0.3 is 0 Å². The Bertz CT molecular complexity index is 624. The summed E-state index contributed by atoms with van der Waals surface area (Å²) in [5, 5.41) is 3.25. The van der Waals surface area contributed by atoms with Gasteiger partial charge in [0.1, 0.15) is 0 Å². The van der Waals surface area contributed by atoms with E-state index in [1.807, 2.05) is 19.2 Å². The molecule has 3 rings (SSSR count). The van der Waals surface area contributed by atoms with Gasteiger partial charge < -0.3 is 5.32 Å². The largest absolute Gasteiger partial charge is 0.316 e. The average molecular weight is 273 g/mol. The maximum atomic E-state index is 13.8. The molecule has 0 fully saturated rings. The van der Waals surface area contributed by atoms with Gasteiger partial charge in [0.15, 0.2) is 11.6 Å². The molecule has 0 saturated heterocycles. The van der Waals surface area contributed by atoms with E-state index in [0.717, 1.165) is 12.5 Å². The Balaban J connectivity index is 1.81. The normalized spacial score (nSPS) is 18.2. The highest BCUT2D eigenvalue weighted by atomic mass is 19.2. The molecule has 0 aromatic heterocycles. The van der Waals surface area contributed by atoms with Gasteiger partial charge in [-0.15, -0.1) is 0 Å². The van der Waals surface area contributed by atoms with Crippen molar-refractivity contribution in [3.05, 3.63) is 70.8 Å². The van der Waals surface area contributed by atoms with E-state index < -0.39 is 11.6 Å². The number of halogens is 2. The van der Waals surface area contributed by atoms with Crippen LogP contribution in [-0.2, 0) is 12.8 Å². The third-order valence-electron chi connectivity index (χ3n) is 4.22. The Labute approximate surface area is 117 Å². The molecule has 2 aromatic rings. The molecule has 0 bridgehead atoms. The van der Waals surface area contributed by atoms with Gasteiger partial charge in [0.2, 0.25) is 0 Å². The molecule has 104 valence electrons. The van der Waals surface area contributed by atoms with Gasteiger partial charge in [0.25, 0.3) is 0 Å². The van der Waals surface area contributed by atoms with Crippen LogP contribution < -0.4 is 5.32 Å². The SMILES string of the molecule is CNC(Cc1cccc(F)c1F)C1Cc2ccccc21. The van der Waals surface area contributed by atoms with E-state index in [0.29, 0.717) is 17.9 Å². The van der Waals surface area contributed by atoms with Crippen LogP contribution in [0.15, 0.2) is 42.5 Å². The number of rotatable bonds is 4. The van der Waals surface area contributed by atoms with E-state index in [1.54, 1.807) is 12.1 Å². The average Bonchev–Trinajstić information content (AvgIpc) is 2.43. The molecule has 0 aliphatic heterocycles. The Morgan fingerprint density at radius 3 is 2.70 bits per heavy atom. The van der Waals surface area contributed by atoms with Crippen LogP contribution in [-0.4, -0.2) is 13.1 Å². The van der Waals surface area contributed by atoms with Gasteiger partial charge in [0.05, 0.1) is 0 Å². The summed E-state index contributed by atoms with van der Waals surface area (Å²) in [7, 11) is 1.88. The number of likely N-dealkylation sites (N-methyl/N-ethyl adjacent to an activating group) is 1. The van der Waals surface area contributed by atoms with Crippen LogP contribution in [0.5, 0.6) is 0 Å². The van der Waals surface area contributed by atoms with Crippen LogP contribution >= 0.6 is 0 Å². The predicted molar refractivity (Wildman–Crippen MR) is 75.8 cm³/mol. The molecular weight excluding hydrogens is 256 g/mol. The fourth-order valence-electron chi connectivity index (χ4n) is 3.05. The van der Waals surface area contributed by atoms with Crippen molar-refractivity contribution in [3.63, 3.8) is 0 Å². The summed E-state index contributed by atoms with van der Waals surface area (Å²) in [4.78, 5) is 0. The standard InChI is InChI=1S/C17H17F2N/c1-20-16(10-12-6-4-8-15(18)17(12)19)14-9-11-5-2-3-7-13(11)14/h2-8,14,16,20H,9-10H2,1H3. The molecule has 1 aliphatic carbocycles. The molecule has 2 unspecified atom stereocenters. The Morgan fingerprint density at radius 2 is 1.95 bits per heavy atom. The smallest absolute Gasteiger partial charge is 0.162 e. The highest BCUT2D eigenvalue weighted by Gasteiger charge is 2.32. The lowest BCUT2D eigenvalue weighted by atomic mass is 9.72. The summed E-state index contributed by atoms with van der Waals surface area (Å²) in [6.45, 7) is 0. The lowest BCUT2D eigenvalue weighted by Crippen LogP contribution is -2.39. The number of benzene rings is 2. The van der Waals surface area contributed by atoms with E-state index >= 15 is 0 Å². The molecule has 0 heterocycles. The maximum absolute atomic E-state index is 13.8. The first-order chi connectivity index (χ1) is 9.70. The molecule has 3 heteroatoms. The van der Waals surface area contributed by atoms with Crippen LogP contribution in [0.25, 0.3) is 0 Å². The van der Waals surface area contributed by atoms with Crippen molar-refractivity contribution >= 4 is 0 Å². The van der Waals surface area contributed by atoms with E-state index in [4.69, 9.17) is 0 Å². The zero-order valence-corrected chi connectivity index (χ0v) is 11.4. The fourth-order valence-corrected chi connectivity index (χ4v) is 3.05. The Hall–Kier alpha value is -1.74. The number of fused-ring (bicyclic) bond motifs is 1. The molecule has 1 nitrogen and oxygen atoms in total. The Morgan fingerprint density at radius 1 is 1.15 bits per heavy atom. The molecule has 0 spiro atoms. The molecule has 2 aromatic carbocycles. The first-order valence-corrected chi connectivity index (χ1v) is 6.88.